The summed E-state index contributed by atoms with van der Waals surface area (Å²) in [5.41, 5.74) is 1.83. The van der Waals surface area contributed by atoms with Crippen molar-refractivity contribution < 1.29 is 9.59 Å². The fraction of sp³-hybridized carbons (Fsp3) is 0.0588. The van der Waals surface area contributed by atoms with Gasteiger partial charge in [-0.05, 0) is 24.3 Å². The summed E-state index contributed by atoms with van der Waals surface area (Å²) >= 11 is 1.30. The molecule has 7 heteroatoms. The van der Waals surface area contributed by atoms with Gasteiger partial charge in [-0.3, -0.25) is 19.1 Å². The molecule has 3 aromatic rings. The van der Waals surface area contributed by atoms with Crippen LogP contribution in [0.25, 0.3) is 5.69 Å². The van der Waals surface area contributed by atoms with Crippen LogP contribution in [0.2, 0.25) is 0 Å². The van der Waals surface area contributed by atoms with Crippen LogP contribution in [0.5, 0.6) is 0 Å². The first-order valence-corrected chi connectivity index (χ1v) is 8.28. The zero-order chi connectivity index (χ0) is 16.5. The Kier molecular flexibility index (Phi) is 3.62. The Morgan fingerprint density at radius 1 is 0.875 bits per heavy atom. The van der Waals surface area contributed by atoms with Gasteiger partial charge in [-0.1, -0.05) is 42.1 Å². The SMILES string of the molecule is O=C1c2ccccc2C(=O)N1CSc1nncn1-c1ccccc1. The average molecular weight is 336 g/mol. The van der Waals surface area contributed by atoms with E-state index in [9.17, 15) is 9.59 Å². The minimum absolute atomic E-state index is 0.192. The highest BCUT2D eigenvalue weighted by Crippen LogP contribution is 2.27. The zero-order valence-electron chi connectivity index (χ0n) is 12.5. The van der Waals surface area contributed by atoms with Crippen molar-refractivity contribution in [1.29, 1.82) is 0 Å². The van der Waals surface area contributed by atoms with Gasteiger partial charge in [-0.15, -0.1) is 10.2 Å². The molecule has 0 saturated heterocycles. The first-order chi connectivity index (χ1) is 11.8. The number of aromatic nitrogens is 3. The van der Waals surface area contributed by atoms with Crippen LogP contribution in [-0.2, 0) is 0 Å². The molecule has 0 bridgehead atoms. The van der Waals surface area contributed by atoms with Gasteiger partial charge >= 0.3 is 0 Å². The molecule has 2 amide bonds. The number of fused-ring (bicyclic) bond motifs is 1. The first kappa shape index (κ1) is 14.6. The lowest BCUT2D eigenvalue weighted by atomic mass is 10.1. The second kappa shape index (κ2) is 5.93. The Morgan fingerprint density at radius 3 is 2.17 bits per heavy atom. The van der Waals surface area contributed by atoms with Gasteiger partial charge in [0, 0.05) is 5.69 Å². The van der Waals surface area contributed by atoms with Crippen molar-refractivity contribution in [3.63, 3.8) is 0 Å². The lowest BCUT2D eigenvalue weighted by molar-refractivity contribution is 0.0684. The molecule has 24 heavy (non-hydrogen) atoms. The van der Waals surface area contributed by atoms with Crippen molar-refractivity contribution >= 4 is 23.6 Å². The molecule has 0 aliphatic carbocycles. The number of rotatable bonds is 4. The molecule has 1 aromatic heterocycles. The van der Waals surface area contributed by atoms with Gasteiger partial charge in [0.15, 0.2) is 5.16 Å². The number of carbonyl (C=O) groups excluding carboxylic acids is 2. The largest absolute Gasteiger partial charge is 0.277 e. The Labute approximate surface area is 142 Å². The van der Waals surface area contributed by atoms with Crippen LogP contribution in [0.1, 0.15) is 20.7 Å². The third-order valence-electron chi connectivity index (χ3n) is 3.75. The normalized spacial score (nSPS) is 13.4. The quantitative estimate of drug-likeness (QED) is 0.541. The molecule has 1 aliphatic heterocycles. The van der Waals surface area contributed by atoms with Crippen LogP contribution < -0.4 is 0 Å². The Bertz CT molecular complexity index is 888. The molecule has 2 aromatic carbocycles. The number of amides is 2. The molecule has 0 radical (unpaired) electrons. The van der Waals surface area contributed by atoms with Gasteiger partial charge in [0.1, 0.15) is 6.33 Å². The molecule has 2 heterocycles. The van der Waals surface area contributed by atoms with Crippen molar-refractivity contribution in [3.05, 3.63) is 72.1 Å². The third kappa shape index (κ3) is 2.39. The number of imide groups is 1. The van der Waals surface area contributed by atoms with Crippen LogP contribution in [-0.4, -0.2) is 37.4 Å². The number of hydrogen-bond donors (Lipinski definition) is 0. The number of para-hydroxylation sites is 1. The van der Waals surface area contributed by atoms with Crippen LogP contribution in [0.3, 0.4) is 0 Å². The molecule has 6 nitrogen and oxygen atoms in total. The second-order valence-electron chi connectivity index (χ2n) is 5.18. The first-order valence-electron chi connectivity index (χ1n) is 7.29. The lowest BCUT2D eigenvalue weighted by Gasteiger charge is -2.13. The van der Waals surface area contributed by atoms with Crippen molar-refractivity contribution in [3.8, 4) is 5.69 Å². The van der Waals surface area contributed by atoms with E-state index in [1.54, 1.807) is 30.6 Å². The molecule has 118 valence electrons. The fourth-order valence-corrected chi connectivity index (χ4v) is 3.44. The van der Waals surface area contributed by atoms with Gasteiger partial charge in [-0.25, -0.2) is 0 Å². The van der Waals surface area contributed by atoms with Crippen LogP contribution >= 0.6 is 11.8 Å². The highest BCUT2D eigenvalue weighted by atomic mass is 32.2. The molecule has 1 aliphatic rings. The van der Waals surface area contributed by atoms with Crippen LogP contribution in [0, 0.1) is 0 Å². The van der Waals surface area contributed by atoms with E-state index in [0.29, 0.717) is 16.3 Å². The van der Waals surface area contributed by atoms with Gasteiger partial charge in [-0.2, -0.15) is 0 Å². The Balaban J connectivity index is 1.55. The summed E-state index contributed by atoms with van der Waals surface area (Å²) in [6, 6.07) is 16.5. The summed E-state index contributed by atoms with van der Waals surface area (Å²) in [6.45, 7) is 0. The maximum Gasteiger partial charge on any atom is 0.262 e. The zero-order valence-corrected chi connectivity index (χ0v) is 13.3. The number of nitrogens with zero attached hydrogens (tertiary/aromatic N) is 4. The summed E-state index contributed by atoms with van der Waals surface area (Å²) in [5, 5.41) is 8.63. The van der Waals surface area contributed by atoms with Gasteiger partial charge in [0.2, 0.25) is 0 Å². The van der Waals surface area contributed by atoms with Crippen molar-refractivity contribution in [2.24, 2.45) is 0 Å². The maximum atomic E-state index is 12.4. The standard InChI is InChI=1S/C17H12N4O2S/c22-15-13-8-4-5-9-14(13)16(23)21(15)11-24-17-19-18-10-20(17)12-6-2-1-3-7-12/h1-10H,11H2. The highest BCUT2D eigenvalue weighted by molar-refractivity contribution is 7.99. The summed E-state index contributed by atoms with van der Waals surface area (Å²) in [4.78, 5) is 26.0. The van der Waals surface area contributed by atoms with E-state index >= 15 is 0 Å². The monoisotopic (exact) mass is 336 g/mol. The van der Waals surface area contributed by atoms with Crippen molar-refractivity contribution in [1.82, 2.24) is 19.7 Å². The van der Waals surface area contributed by atoms with E-state index in [4.69, 9.17) is 0 Å². The summed E-state index contributed by atoms with van der Waals surface area (Å²) < 4.78 is 1.82. The van der Waals surface area contributed by atoms with E-state index < -0.39 is 0 Å². The van der Waals surface area contributed by atoms with Crippen LogP contribution in [0.15, 0.2) is 66.1 Å². The van der Waals surface area contributed by atoms with E-state index in [2.05, 4.69) is 10.2 Å². The molecule has 0 saturated carbocycles. The van der Waals surface area contributed by atoms with Gasteiger partial charge < -0.3 is 0 Å². The van der Waals surface area contributed by atoms with Gasteiger partial charge in [0.25, 0.3) is 11.8 Å². The lowest BCUT2D eigenvalue weighted by Crippen LogP contribution is -2.29. The maximum absolute atomic E-state index is 12.4. The molecular formula is C17H12N4O2S. The van der Waals surface area contributed by atoms with E-state index in [1.807, 2.05) is 34.9 Å². The molecular weight excluding hydrogens is 324 g/mol. The summed E-state index contributed by atoms with van der Waals surface area (Å²) in [6.07, 6.45) is 1.61. The predicted molar refractivity (Wildman–Crippen MR) is 89.0 cm³/mol. The topological polar surface area (TPSA) is 68.1 Å². The van der Waals surface area contributed by atoms with E-state index in [0.717, 1.165) is 5.69 Å². The Morgan fingerprint density at radius 2 is 1.50 bits per heavy atom. The molecule has 0 N–H and O–H groups in total. The predicted octanol–water partition coefficient (Wildman–Crippen LogP) is 2.61. The number of hydrogen-bond acceptors (Lipinski definition) is 5. The summed E-state index contributed by atoms with van der Waals surface area (Å²) in [7, 11) is 0. The second-order valence-corrected chi connectivity index (χ2v) is 6.09. The molecule has 0 atom stereocenters. The third-order valence-corrected chi connectivity index (χ3v) is 4.68. The van der Waals surface area contributed by atoms with Crippen molar-refractivity contribution in [2.45, 2.75) is 5.16 Å². The highest BCUT2D eigenvalue weighted by Gasteiger charge is 2.35. The summed E-state index contributed by atoms with van der Waals surface area (Å²) in [5.74, 6) is -0.347. The van der Waals surface area contributed by atoms with Gasteiger partial charge in [0.05, 0.1) is 17.0 Å². The van der Waals surface area contributed by atoms with Crippen LogP contribution in [0.4, 0.5) is 0 Å². The molecule has 0 fully saturated rings. The number of benzene rings is 2. The molecule has 0 spiro atoms. The smallest absolute Gasteiger partial charge is 0.262 e. The molecule has 4 rings (SSSR count). The average Bonchev–Trinajstić information content (AvgIpc) is 3.19. The minimum Gasteiger partial charge on any atom is -0.277 e. The van der Waals surface area contributed by atoms with Crippen molar-refractivity contribution in [2.75, 3.05) is 5.88 Å². The molecule has 0 unspecified atom stereocenters. The number of thioether (sulfide) groups is 1. The Hall–Kier alpha value is -2.93. The number of carbonyl (C=O) groups is 2. The van der Waals surface area contributed by atoms with E-state index in [-0.39, 0.29) is 17.7 Å². The van der Waals surface area contributed by atoms with E-state index in [1.165, 1.54) is 16.7 Å². The fourth-order valence-electron chi connectivity index (χ4n) is 2.57. The minimum atomic E-state index is -0.270.